The molecular weight excluding hydrogens is 252 g/mol. The number of hydrogen-bond donors (Lipinski definition) is 1. The SMILES string of the molecule is CC[C@H](O)c1ccccc1SCc1cccc(C)c1. The Morgan fingerprint density at radius 1 is 1.11 bits per heavy atom. The minimum absolute atomic E-state index is 0.360. The van der Waals surface area contributed by atoms with Crippen molar-refractivity contribution in [2.24, 2.45) is 0 Å². The molecular formula is C17H20OS. The Kier molecular flexibility index (Phi) is 5.06. The molecule has 2 aromatic rings. The van der Waals surface area contributed by atoms with Crippen molar-refractivity contribution in [3.63, 3.8) is 0 Å². The smallest absolute Gasteiger partial charge is 0.0798 e. The van der Waals surface area contributed by atoms with Crippen molar-refractivity contribution in [1.29, 1.82) is 0 Å². The van der Waals surface area contributed by atoms with Gasteiger partial charge in [-0.15, -0.1) is 11.8 Å². The van der Waals surface area contributed by atoms with E-state index in [0.717, 1.165) is 17.7 Å². The van der Waals surface area contributed by atoms with E-state index in [1.54, 1.807) is 11.8 Å². The molecule has 19 heavy (non-hydrogen) atoms. The molecule has 2 rings (SSSR count). The van der Waals surface area contributed by atoms with E-state index in [9.17, 15) is 5.11 Å². The Morgan fingerprint density at radius 2 is 1.89 bits per heavy atom. The molecule has 1 atom stereocenters. The van der Waals surface area contributed by atoms with Crippen molar-refractivity contribution in [3.8, 4) is 0 Å². The Bertz CT molecular complexity index is 536. The van der Waals surface area contributed by atoms with Gasteiger partial charge < -0.3 is 5.11 Å². The highest BCUT2D eigenvalue weighted by Gasteiger charge is 2.10. The largest absolute Gasteiger partial charge is 0.388 e. The first-order valence-corrected chi connectivity index (χ1v) is 7.64. The first kappa shape index (κ1) is 14.2. The van der Waals surface area contributed by atoms with Gasteiger partial charge in [-0.3, -0.25) is 0 Å². The molecule has 0 fully saturated rings. The van der Waals surface area contributed by atoms with Gasteiger partial charge in [0.15, 0.2) is 0 Å². The van der Waals surface area contributed by atoms with Crippen LogP contribution in [-0.4, -0.2) is 5.11 Å². The Morgan fingerprint density at radius 3 is 2.63 bits per heavy atom. The maximum absolute atomic E-state index is 10.0. The molecule has 0 aliphatic carbocycles. The highest BCUT2D eigenvalue weighted by atomic mass is 32.2. The van der Waals surface area contributed by atoms with Crippen molar-refractivity contribution in [3.05, 3.63) is 65.2 Å². The lowest BCUT2D eigenvalue weighted by molar-refractivity contribution is 0.171. The number of rotatable bonds is 5. The highest BCUT2D eigenvalue weighted by molar-refractivity contribution is 7.98. The van der Waals surface area contributed by atoms with Gasteiger partial charge in [-0.05, 0) is 30.5 Å². The summed E-state index contributed by atoms with van der Waals surface area (Å²) < 4.78 is 0. The molecule has 1 N–H and O–H groups in total. The molecule has 0 saturated heterocycles. The summed E-state index contributed by atoms with van der Waals surface area (Å²) in [5.41, 5.74) is 3.66. The zero-order chi connectivity index (χ0) is 13.7. The van der Waals surface area contributed by atoms with Crippen LogP contribution in [0.3, 0.4) is 0 Å². The number of aryl methyl sites for hydroxylation is 1. The first-order valence-electron chi connectivity index (χ1n) is 6.66. The van der Waals surface area contributed by atoms with Crippen LogP contribution in [0.5, 0.6) is 0 Å². The topological polar surface area (TPSA) is 20.2 Å². The average molecular weight is 272 g/mol. The molecule has 0 spiro atoms. The predicted octanol–water partition coefficient (Wildman–Crippen LogP) is 4.73. The maximum Gasteiger partial charge on any atom is 0.0798 e. The molecule has 2 heteroatoms. The van der Waals surface area contributed by atoms with Gasteiger partial charge in [0, 0.05) is 10.6 Å². The number of hydrogen-bond acceptors (Lipinski definition) is 2. The second-order valence-corrected chi connectivity index (χ2v) is 5.76. The van der Waals surface area contributed by atoms with Crippen molar-refractivity contribution < 1.29 is 5.11 Å². The second kappa shape index (κ2) is 6.78. The molecule has 0 radical (unpaired) electrons. The monoisotopic (exact) mass is 272 g/mol. The van der Waals surface area contributed by atoms with E-state index in [4.69, 9.17) is 0 Å². The van der Waals surface area contributed by atoms with E-state index < -0.39 is 0 Å². The minimum atomic E-state index is -0.360. The summed E-state index contributed by atoms with van der Waals surface area (Å²) in [7, 11) is 0. The van der Waals surface area contributed by atoms with Gasteiger partial charge in [-0.2, -0.15) is 0 Å². The van der Waals surface area contributed by atoms with Crippen molar-refractivity contribution in [1.82, 2.24) is 0 Å². The molecule has 0 saturated carbocycles. The van der Waals surface area contributed by atoms with Gasteiger partial charge in [0.2, 0.25) is 0 Å². The summed E-state index contributed by atoms with van der Waals surface area (Å²) in [6.07, 6.45) is 0.392. The lowest BCUT2D eigenvalue weighted by atomic mass is 10.1. The summed E-state index contributed by atoms with van der Waals surface area (Å²) in [5.74, 6) is 0.940. The Hall–Kier alpha value is -1.25. The lowest BCUT2D eigenvalue weighted by Crippen LogP contribution is -1.97. The van der Waals surface area contributed by atoms with E-state index in [0.29, 0.717) is 0 Å². The first-order chi connectivity index (χ1) is 9.20. The molecule has 0 bridgehead atoms. The number of benzene rings is 2. The number of aliphatic hydroxyl groups excluding tert-OH is 1. The van der Waals surface area contributed by atoms with Crippen molar-refractivity contribution >= 4 is 11.8 Å². The van der Waals surface area contributed by atoms with Crippen LogP contribution in [0.2, 0.25) is 0 Å². The van der Waals surface area contributed by atoms with Crippen molar-refractivity contribution in [2.75, 3.05) is 0 Å². The van der Waals surface area contributed by atoms with Crippen LogP contribution in [0.1, 0.15) is 36.1 Å². The van der Waals surface area contributed by atoms with E-state index in [1.807, 2.05) is 25.1 Å². The summed E-state index contributed by atoms with van der Waals surface area (Å²) >= 11 is 1.79. The quantitative estimate of drug-likeness (QED) is 0.794. The summed E-state index contributed by atoms with van der Waals surface area (Å²) in [6.45, 7) is 4.12. The average Bonchev–Trinajstić information content (AvgIpc) is 2.45. The minimum Gasteiger partial charge on any atom is -0.388 e. The molecule has 0 aromatic heterocycles. The summed E-state index contributed by atoms with van der Waals surface area (Å²) in [6, 6.07) is 16.7. The van der Waals surface area contributed by atoms with Crippen LogP contribution in [0, 0.1) is 6.92 Å². The van der Waals surface area contributed by atoms with Crippen LogP contribution in [0.25, 0.3) is 0 Å². The summed E-state index contributed by atoms with van der Waals surface area (Å²) in [5, 5.41) is 10.0. The predicted molar refractivity (Wildman–Crippen MR) is 82.4 cm³/mol. The lowest BCUT2D eigenvalue weighted by Gasteiger charge is -2.13. The van der Waals surface area contributed by atoms with Gasteiger partial charge >= 0.3 is 0 Å². The van der Waals surface area contributed by atoms with Gasteiger partial charge in [0.1, 0.15) is 0 Å². The van der Waals surface area contributed by atoms with E-state index in [-0.39, 0.29) is 6.10 Å². The number of thioether (sulfide) groups is 1. The molecule has 0 aliphatic rings. The molecule has 0 aliphatic heterocycles. The highest BCUT2D eigenvalue weighted by Crippen LogP contribution is 2.31. The fourth-order valence-corrected chi connectivity index (χ4v) is 3.12. The maximum atomic E-state index is 10.0. The Labute approximate surface area is 119 Å². The van der Waals surface area contributed by atoms with E-state index >= 15 is 0 Å². The van der Waals surface area contributed by atoms with Crippen LogP contribution < -0.4 is 0 Å². The van der Waals surface area contributed by atoms with Crippen LogP contribution in [0.15, 0.2) is 53.4 Å². The molecule has 0 heterocycles. The summed E-state index contributed by atoms with van der Waals surface area (Å²) in [4.78, 5) is 1.18. The Balaban J connectivity index is 2.11. The van der Waals surface area contributed by atoms with Gasteiger partial charge in [-0.25, -0.2) is 0 Å². The van der Waals surface area contributed by atoms with Gasteiger partial charge in [-0.1, -0.05) is 55.0 Å². The third-order valence-corrected chi connectivity index (χ3v) is 4.30. The standard InChI is InChI=1S/C17H20OS/c1-3-16(18)15-9-4-5-10-17(15)19-12-14-8-6-7-13(2)11-14/h4-11,16,18H,3,12H2,1-2H3/t16-/m0/s1. The number of aliphatic hydroxyl groups is 1. The fourth-order valence-electron chi connectivity index (χ4n) is 2.07. The molecule has 1 nitrogen and oxygen atoms in total. The third-order valence-electron chi connectivity index (χ3n) is 3.14. The van der Waals surface area contributed by atoms with Crippen molar-refractivity contribution in [2.45, 2.75) is 37.0 Å². The van der Waals surface area contributed by atoms with E-state index in [2.05, 4.69) is 37.3 Å². The normalized spacial score (nSPS) is 12.4. The fraction of sp³-hybridized carbons (Fsp3) is 0.294. The zero-order valence-corrected chi connectivity index (χ0v) is 12.3. The molecule has 0 unspecified atom stereocenters. The van der Waals surface area contributed by atoms with Crippen LogP contribution in [0.4, 0.5) is 0 Å². The zero-order valence-electron chi connectivity index (χ0n) is 11.5. The van der Waals surface area contributed by atoms with Gasteiger partial charge in [0.05, 0.1) is 6.10 Å². The molecule has 100 valence electrons. The second-order valence-electron chi connectivity index (χ2n) is 4.74. The molecule has 0 amide bonds. The third kappa shape index (κ3) is 3.85. The van der Waals surface area contributed by atoms with Crippen LogP contribution in [-0.2, 0) is 5.75 Å². The van der Waals surface area contributed by atoms with Gasteiger partial charge in [0.25, 0.3) is 0 Å². The van der Waals surface area contributed by atoms with Crippen LogP contribution >= 0.6 is 11.8 Å². The molecule has 2 aromatic carbocycles. The van der Waals surface area contributed by atoms with E-state index in [1.165, 1.54) is 16.0 Å².